The van der Waals surface area contributed by atoms with Gasteiger partial charge in [0, 0.05) is 36.6 Å². The number of anilines is 1. The minimum Gasteiger partial charge on any atom is -0.381 e. The van der Waals surface area contributed by atoms with E-state index in [0.717, 1.165) is 23.5 Å². The number of nitrogens with one attached hydrogen (secondary N) is 2. The molecular weight excluding hydrogens is 254 g/mol. The fourth-order valence-electron chi connectivity index (χ4n) is 2.07. The van der Waals surface area contributed by atoms with Gasteiger partial charge in [0.15, 0.2) is 0 Å². The smallest absolute Gasteiger partial charge is 0.204 e. The van der Waals surface area contributed by atoms with Crippen LogP contribution >= 0.6 is 0 Å². The molecule has 2 heterocycles. The second-order valence-electron chi connectivity index (χ2n) is 4.58. The van der Waals surface area contributed by atoms with Crippen LogP contribution in [0, 0.1) is 6.92 Å². The van der Waals surface area contributed by atoms with Gasteiger partial charge in [-0.1, -0.05) is 12.1 Å². The van der Waals surface area contributed by atoms with Crippen molar-refractivity contribution in [2.75, 3.05) is 5.32 Å². The monoisotopic (exact) mass is 269 g/mol. The maximum absolute atomic E-state index is 4.33. The van der Waals surface area contributed by atoms with Crippen LogP contribution < -0.4 is 5.32 Å². The summed E-state index contributed by atoms with van der Waals surface area (Å²) in [7, 11) is 1.92. The average Bonchev–Trinajstić information content (AvgIpc) is 3.07. The van der Waals surface area contributed by atoms with Crippen LogP contribution in [0.5, 0.6) is 0 Å². The van der Waals surface area contributed by atoms with Gasteiger partial charge in [0.25, 0.3) is 0 Å². The fourth-order valence-corrected chi connectivity index (χ4v) is 2.07. The standard InChI is InChI=1S/C13H15N7/c1-9-11(8-20(2)17-9)7-14-12-5-3-4-10(6-12)13-15-18-19-16-13/h3-6,8,14H,7H2,1-2H3,(H,15,16,18,19). The number of aryl methyl sites for hydroxylation is 2. The molecular formula is C13H15N7. The summed E-state index contributed by atoms with van der Waals surface area (Å²) in [5.41, 5.74) is 4.15. The first kappa shape index (κ1) is 12.3. The zero-order valence-corrected chi connectivity index (χ0v) is 11.3. The van der Waals surface area contributed by atoms with Gasteiger partial charge in [-0.15, -0.1) is 10.2 Å². The highest BCUT2D eigenvalue weighted by Gasteiger charge is 2.05. The number of H-pyrrole nitrogens is 1. The van der Waals surface area contributed by atoms with Crippen LogP contribution in [0.2, 0.25) is 0 Å². The lowest BCUT2D eigenvalue weighted by atomic mass is 10.2. The molecule has 3 rings (SSSR count). The van der Waals surface area contributed by atoms with Gasteiger partial charge in [0.1, 0.15) is 0 Å². The summed E-state index contributed by atoms with van der Waals surface area (Å²) >= 11 is 0. The van der Waals surface area contributed by atoms with E-state index in [9.17, 15) is 0 Å². The second kappa shape index (κ2) is 5.12. The van der Waals surface area contributed by atoms with E-state index in [-0.39, 0.29) is 0 Å². The number of nitrogens with zero attached hydrogens (tertiary/aromatic N) is 5. The van der Waals surface area contributed by atoms with Crippen molar-refractivity contribution in [3.8, 4) is 11.4 Å². The Labute approximate surface area is 116 Å². The first-order valence-electron chi connectivity index (χ1n) is 6.29. The van der Waals surface area contributed by atoms with E-state index in [2.05, 4.69) is 31.0 Å². The zero-order valence-electron chi connectivity index (χ0n) is 11.3. The molecule has 0 unspecified atom stereocenters. The van der Waals surface area contributed by atoms with Gasteiger partial charge in [-0.3, -0.25) is 4.68 Å². The number of benzene rings is 1. The van der Waals surface area contributed by atoms with Crippen LogP contribution in [-0.4, -0.2) is 30.4 Å². The summed E-state index contributed by atoms with van der Waals surface area (Å²) in [5, 5.41) is 21.7. The molecule has 0 aliphatic heterocycles. The van der Waals surface area contributed by atoms with Crippen LogP contribution in [0.4, 0.5) is 5.69 Å². The van der Waals surface area contributed by atoms with Crippen molar-refractivity contribution >= 4 is 5.69 Å². The van der Waals surface area contributed by atoms with Crippen molar-refractivity contribution in [2.45, 2.75) is 13.5 Å². The van der Waals surface area contributed by atoms with Gasteiger partial charge in [0.05, 0.1) is 5.69 Å². The molecule has 20 heavy (non-hydrogen) atoms. The van der Waals surface area contributed by atoms with Crippen LogP contribution in [0.3, 0.4) is 0 Å². The molecule has 0 spiro atoms. The van der Waals surface area contributed by atoms with Crippen molar-refractivity contribution in [2.24, 2.45) is 7.05 Å². The van der Waals surface area contributed by atoms with E-state index in [1.807, 2.05) is 49.1 Å². The largest absolute Gasteiger partial charge is 0.381 e. The average molecular weight is 269 g/mol. The van der Waals surface area contributed by atoms with E-state index in [4.69, 9.17) is 0 Å². The third-order valence-corrected chi connectivity index (χ3v) is 3.06. The van der Waals surface area contributed by atoms with E-state index >= 15 is 0 Å². The molecule has 0 amide bonds. The molecule has 1 aromatic carbocycles. The molecule has 102 valence electrons. The van der Waals surface area contributed by atoms with Crippen molar-refractivity contribution in [1.82, 2.24) is 30.4 Å². The van der Waals surface area contributed by atoms with Crippen LogP contribution in [0.25, 0.3) is 11.4 Å². The number of rotatable bonds is 4. The van der Waals surface area contributed by atoms with E-state index in [0.29, 0.717) is 5.82 Å². The summed E-state index contributed by atoms with van der Waals surface area (Å²) in [4.78, 5) is 0. The first-order chi connectivity index (χ1) is 9.72. The lowest BCUT2D eigenvalue weighted by Crippen LogP contribution is -2.00. The van der Waals surface area contributed by atoms with Gasteiger partial charge >= 0.3 is 0 Å². The number of aromatic amines is 1. The highest BCUT2D eigenvalue weighted by atomic mass is 15.5. The molecule has 2 aromatic heterocycles. The predicted molar refractivity (Wildman–Crippen MR) is 74.9 cm³/mol. The lowest BCUT2D eigenvalue weighted by Gasteiger charge is -2.06. The van der Waals surface area contributed by atoms with Gasteiger partial charge in [-0.2, -0.15) is 10.3 Å². The molecule has 0 aliphatic carbocycles. The Kier molecular flexibility index (Phi) is 3.16. The quantitative estimate of drug-likeness (QED) is 0.750. The van der Waals surface area contributed by atoms with Crippen LogP contribution in [0.15, 0.2) is 30.5 Å². The van der Waals surface area contributed by atoms with Gasteiger partial charge in [-0.05, 0) is 24.3 Å². The molecule has 7 nitrogen and oxygen atoms in total. The summed E-state index contributed by atoms with van der Waals surface area (Å²) in [6.07, 6.45) is 2.02. The summed E-state index contributed by atoms with van der Waals surface area (Å²) < 4.78 is 1.82. The molecule has 0 bridgehead atoms. The second-order valence-corrected chi connectivity index (χ2v) is 4.58. The Bertz CT molecular complexity index is 699. The van der Waals surface area contributed by atoms with Crippen LogP contribution in [-0.2, 0) is 13.6 Å². The third-order valence-electron chi connectivity index (χ3n) is 3.06. The molecule has 2 N–H and O–H groups in total. The summed E-state index contributed by atoms with van der Waals surface area (Å²) in [6.45, 7) is 2.74. The fraction of sp³-hybridized carbons (Fsp3) is 0.231. The maximum atomic E-state index is 4.33. The summed E-state index contributed by atoms with van der Waals surface area (Å²) in [5.74, 6) is 0.589. The van der Waals surface area contributed by atoms with Gasteiger partial charge in [-0.25, -0.2) is 0 Å². The number of hydrogen-bond donors (Lipinski definition) is 2. The minimum absolute atomic E-state index is 0.589. The molecule has 0 saturated carbocycles. The highest BCUT2D eigenvalue weighted by molar-refractivity contribution is 5.61. The Balaban J connectivity index is 1.75. The molecule has 0 saturated heterocycles. The van der Waals surface area contributed by atoms with Crippen molar-refractivity contribution in [1.29, 1.82) is 0 Å². The Morgan fingerprint density at radius 2 is 2.25 bits per heavy atom. The normalized spacial score (nSPS) is 10.7. The molecule has 0 radical (unpaired) electrons. The van der Waals surface area contributed by atoms with Gasteiger partial charge in [0.2, 0.25) is 5.82 Å². The predicted octanol–water partition coefficient (Wildman–Crippen LogP) is 1.52. The number of aromatic nitrogens is 6. The third kappa shape index (κ3) is 2.51. The molecule has 0 aliphatic rings. The van der Waals surface area contributed by atoms with E-state index < -0.39 is 0 Å². The Hall–Kier alpha value is -2.70. The van der Waals surface area contributed by atoms with Crippen molar-refractivity contribution < 1.29 is 0 Å². The van der Waals surface area contributed by atoms with Crippen molar-refractivity contribution in [3.05, 3.63) is 41.7 Å². The Morgan fingerprint density at radius 3 is 2.95 bits per heavy atom. The molecule has 3 aromatic rings. The van der Waals surface area contributed by atoms with Crippen molar-refractivity contribution in [3.63, 3.8) is 0 Å². The highest BCUT2D eigenvalue weighted by Crippen LogP contribution is 2.19. The van der Waals surface area contributed by atoms with E-state index in [1.165, 1.54) is 5.56 Å². The topological polar surface area (TPSA) is 84.3 Å². The molecule has 0 atom stereocenters. The van der Waals surface area contributed by atoms with Crippen LogP contribution in [0.1, 0.15) is 11.3 Å². The van der Waals surface area contributed by atoms with E-state index in [1.54, 1.807) is 0 Å². The SMILES string of the molecule is Cc1nn(C)cc1CNc1cccc(-c2nn[nH]n2)c1. The lowest BCUT2D eigenvalue weighted by molar-refractivity contribution is 0.756. The molecule has 7 heteroatoms. The number of hydrogen-bond acceptors (Lipinski definition) is 5. The van der Waals surface area contributed by atoms with Gasteiger partial charge < -0.3 is 5.32 Å². The maximum Gasteiger partial charge on any atom is 0.204 e. The first-order valence-corrected chi connectivity index (χ1v) is 6.29. The minimum atomic E-state index is 0.589. The number of tetrazole rings is 1. The zero-order chi connectivity index (χ0) is 13.9. The summed E-state index contributed by atoms with van der Waals surface area (Å²) in [6, 6.07) is 7.92. The molecule has 0 fully saturated rings. The Morgan fingerprint density at radius 1 is 1.35 bits per heavy atom.